The lowest BCUT2D eigenvalue weighted by molar-refractivity contribution is -0.384. The van der Waals surface area contributed by atoms with Gasteiger partial charge in [0.2, 0.25) is 0 Å². The van der Waals surface area contributed by atoms with Crippen LogP contribution in [0.4, 0.5) is 5.69 Å². The number of nitro benzene ring substituents is 1. The summed E-state index contributed by atoms with van der Waals surface area (Å²) in [5, 5.41) is 17.4. The van der Waals surface area contributed by atoms with Crippen molar-refractivity contribution in [3.8, 4) is 0 Å². The number of nitrogens with one attached hydrogen (secondary N) is 2. The molecule has 2 N–H and O–H groups in total. The van der Waals surface area contributed by atoms with Gasteiger partial charge >= 0.3 is 0 Å². The fraction of sp³-hybridized carbons (Fsp3) is 0.533. The maximum absolute atomic E-state index is 10.6. The Labute approximate surface area is 134 Å². The first-order valence-corrected chi connectivity index (χ1v) is 8.85. The largest absolute Gasteiger partial charge is 0.356 e. The van der Waals surface area contributed by atoms with E-state index in [1.54, 1.807) is 12.1 Å². The lowest BCUT2D eigenvalue weighted by Gasteiger charge is -2.11. The minimum Gasteiger partial charge on any atom is -0.356 e. The van der Waals surface area contributed by atoms with E-state index in [1.807, 2.05) is 11.8 Å². The van der Waals surface area contributed by atoms with Crippen LogP contribution in [-0.4, -0.2) is 35.5 Å². The molecule has 1 aliphatic rings. The van der Waals surface area contributed by atoms with E-state index in [4.69, 9.17) is 0 Å². The first-order chi connectivity index (χ1) is 10.7. The average Bonchev–Trinajstić information content (AvgIpc) is 3.33. The molecule has 1 aromatic carbocycles. The van der Waals surface area contributed by atoms with Crippen LogP contribution in [0.25, 0.3) is 0 Å². The third-order valence-corrected chi connectivity index (χ3v) is 4.00. The first-order valence-electron chi connectivity index (χ1n) is 7.46. The molecule has 0 amide bonds. The minimum atomic E-state index is -0.388. The zero-order valence-corrected chi connectivity index (χ0v) is 13.6. The molecule has 120 valence electrons. The lowest BCUT2D eigenvalue weighted by atomic mass is 10.2. The van der Waals surface area contributed by atoms with Crippen LogP contribution in [0, 0.1) is 10.1 Å². The standard InChI is InChI=1S/C15H22N4O2S/c1-22-10-2-9-16-15(18-13-5-6-13)17-11-12-3-7-14(8-4-12)19(20)21/h3-4,7-8,13H,2,5-6,9-11H2,1H3,(H2,16,17,18). The molecular formula is C15H22N4O2S. The number of guanidine groups is 1. The van der Waals surface area contributed by atoms with E-state index >= 15 is 0 Å². The van der Waals surface area contributed by atoms with Gasteiger partial charge in [-0.3, -0.25) is 10.1 Å². The Kier molecular flexibility index (Phi) is 6.51. The van der Waals surface area contributed by atoms with Gasteiger partial charge in [0.05, 0.1) is 11.5 Å². The number of aliphatic imine (C=N–C) groups is 1. The summed E-state index contributed by atoms with van der Waals surface area (Å²) >= 11 is 1.84. The number of nitro groups is 1. The summed E-state index contributed by atoms with van der Waals surface area (Å²) in [6.45, 7) is 1.42. The Hall–Kier alpha value is -1.76. The monoisotopic (exact) mass is 322 g/mol. The van der Waals surface area contributed by atoms with E-state index in [0.717, 1.165) is 30.2 Å². The van der Waals surface area contributed by atoms with Gasteiger partial charge in [0.25, 0.3) is 5.69 Å². The quantitative estimate of drug-likeness (QED) is 0.253. The second-order valence-electron chi connectivity index (χ2n) is 5.28. The Morgan fingerprint density at radius 2 is 2.14 bits per heavy atom. The number of hydrogen-bond donors (Lipinski definition) is 2. The molecule has 0 bridgehead atoms. The summed E-state index contributed by atoms with van der Waals surface area (Å²) in [5.74, 6) is 1.97. The highest BCUT2D eigenvalue weighted by atomic mass is 32.2. The molecule has 0 heterocycles. The van der Waals surface area contributed by atoms with Crippen LogP contribution in [0.2, 0.25) is 0 Å². The molecule has 22 heavy (non-hydrogen) atoms. The van der Waals surface area contributed by atoms with Gasteiger partial charge in [0.1, 0.15) is 0 Å². The molecule has 1 aromatic rings. The molecule has 1 saturated carbocycles. The smallest absolute Gasteiger partial charge is 0.269 e. The molecule has 0 spiro atoms. The molecule has 7 heteroatoms. The highest BCUT2D eigenvalue weighted by Crippen LogP contribution is 2.18. The molecule has 1 aliphatic carbocycles. The molecule has 1 fully saturated rings. The van der Waals surface area contributed by atoms with Crippen LogP contribution < -0.4 is 10.6 Å². The Balaban J connectivity index is 1.88. The number of thioether (sulfide) groups is 1. The van der Waals surface area contributed by atoms with Crippen LogP contribution in [-0.2, 0) is 6.54 Å². The second kappa shape index (κ2) is 8.63. The molecule has 0 unspecified atom stereocenters. The summed E-state index contributed by atoms with van der Waals surface area (Å²) in [4.78, 5) is 14.8. The minimum absolute atomic E-state index is 0.110. The topological polar surface area (TPSA) is 79.6 Å². The zero-order valence-electron chi connectivity index (χ0n) is 12.7. The van der Waals surface area contributed by atoms with Crippen molar-refractivity contribution in [2.24, 2.45) is 4.99 Å². The first kappa shape index (κ1) is 16.6. The van der Waals surface area contributed by atoms with Crippen LogP contribution in [0.1, 0.15) is 24.8 Å². The van der Waals surface area contributed by atoms with Crippen LogP contribution in [0.5, 0.6) is 0 Å². The molecule has 6 nitrogen and oxygen atoms in total. The molecule has 0 aromatic heterocycles. The predicted molar refractivity (Wildman–Crippen MR) is 91.4 cm³/mol. The predicted octanol–water partition coefficient (Wildman–Crippen LogP) is 2.55. The van der Waals surface area contributed by atoms with E-state index in [2.05, 4.69) is 21.9 Å². The van der Waals surface area contributed by atoms with Gasteiger partial charge in [0.15, 0.2) is 5.96 Å². The molecular weight excluding hydrogens is 300 g/mol. The van der Waals surface area contributed by atoms with Crippen LogP contribution in [0.3, 0.4) is 0 Å². The fourth-order valence-corrected chi connectivity index (χ4v) is 2.32. The van der Waals surface area contributed by atoms with Crippen molar-refractivity contribution in [3.63, 3.8) is 0 Å². The van der Waals surface area contributed by atoms with Crippen molar-refractivity contribution in [2.45, 2.75) is 31.8 Å². The maximum Gasteiger partial charge on any atom is 0.269 e. The molecule has 0 aliphatic heterocycles. The molecule has 0 radical (unpaired) electrons. The average molecular weight is 322 g/mol. The van der Waals surface area contributed by atoms with E-state index in [0.29, 0.717) is 12.6 Å². The third-order valence-electron chi connectivity index (χ3n) is 3.30. The number of nitrogens with zero attached hydrogens (tertiary/aromatic N) is 2. The van der Waals surface area contributed by atoms with E-state index in [-0.39, 0.29) is 10.6 Å². The van der Waals surface area contributed by atoms with E-state index < -0.39 is 0 Å². The van der Waals surface area contributed by atoms with Gasteiger partial charge in [-0.2, -0.15) is 11.8 Å². The highest BCUT2D eigenvalue weighted by molar-refractivity contribution is 7.98. The van der Waals surface area contributed by atoms with Crippen molar-refractivity contribution in [1.82, 2.24) is 10.6 Å². The molecule has 0 atom stereocenters. The van der Waals surface area contributed by atoms with Gasteiger partial charge < -0.3 is 10.6 Å². The van der Waals surface area contributed by atoms with Gasteiger partial charge in [-0.1, -0.05) is 12.1 Å². The van der Waals surface area contributed by atoms with Gasteiger partial charge in [0, 0.05) is 24.7 Å². The van der Waals surface area contributed by atoms with Gasteiger partial charge in [-0.25, -0.2) is 4.99 Å². The van der Waals surface area contributed by atoms with Crippen LogP contribution >= 0.6 is 11.8 Å². The summed E-state index contributed by atoms with van der Waals surface area (Å²) in [6, 6.07) is 7.09. The zero-order chi connectivity index (χ0) is 15.8. The SMILES string of the molecule is CSCCCNC(=NCc1ccc([N+](=O)[O-])cc1)NC1CC1. The lowest BCUT2D eigenvalue weighted by Crippen LogP contribution is -2.39. The normalized spacial score (nSPS) is 14.7. The summed E-state index contributed by atoms with van der Waals surface area (Å²) in [7, 11) is 0. The molecule has 2 rings (SSSR count). The summed E-state index contributed by atoms with van der Waals surface area (Å²) in [6.07, 6.45) is 5.60. The fourth-order valence-electron chi connectivity index (χ4n) is 1.89. The molecule has 0 saturated heterocycles. The van der Waals surface area contributed by atoms with E-state index in [9.17, 15) is 10.1 Å². The van der Waals surface area contributed by atoms with Crippen molar-refractivity contribution in [2.75, 3.05) is 18.6 Å². The summed E-state index contributed by atoms with van der Waals surface area (Å²) in [5.41, 5.74) is 1.07. The van der Waals surface area contributed by atoms with Crippen molar-refractivity contribution < 1.29 is 4.92 Å². The maximum atomic E-state index is 10.6. The van der Waals surface area contributed by atoms with E-state index in [1.165, 1.54) is 25.0 Å². The number of non-ortho nitro benzene ring substituents is 1. The van der Waals surface area contributed by atoms with Crippen molar-refractivity contribution in [3.05, 3.63) is 39.9 Å². The highest BCUT2D eigenvalue weighted by Gasteiger charge is 2.22. The third kappa shape index (κ3) is 5.93. The van der Waals surface area contributed by atoms with Crippen molar-refractivity contribution >= 4 is 23.4 Å². The number of benzene rings is 1. The number of hydrogen-bond acceptors (Lipinski definition) is 4. The Morgan fingerprint density at radius 3 is 2.73 bits per heavy atom. The van der Waals surface area contributed by atoms with Gasteiger partial charge in [-0.05, 0) is 36.8 Å². The van der Waals surface area contributed by atoms with Crippen LogP contribution in [0.15, 0.2) is 29.3 Å². The Bertz CT molecular complexity index is 515. The Morgan fingerprint density at radius 1 is 1.41 bits per heavy atom. The van der Waals surface area contributed by atoms with Crippen molar-refractivity contribution in [1.29, 1.82) is 0 Å². The van der Waals surface area contributed by atoms with Gasteiger partial charge in [-0.15, -0.1) is 0 Å². The second-order valence-corrected chi connectivity index (χ2v) is 6.27. The summed E-state index contributed by atoms with van der Waals surface area (Å²) < 4.78 is 0. The number of rotatable bonds is 8.